The maximum atomic E-state index is 5.79. The Labute approximate surface area is 149 Å². The fourth-order valence-electron chi connectivity index (χ4n) is 2.02. The molecule has 126 valence electrons. The average Bonchev–Trinajstić information content (AvgIpc) is 3.08. The summed E-state index contributed by atoms with van der Waals surface area (Å²) >= 11 is 5.22. The van der Waals surface area contributed by atoms with Crippen molar-refractivity contribution < 1.29 is 4.42 Å². The molecule has 0 amide bonds. The second-order valence-corrected chi connectivity index (χ2v) is 8.88. The van der Waals surface area contributed by atoms with Gasteiger partial charge in [-0.3, -0.25) is 4.99 Å². The van der Waals surface area contributed by atoms with Crippen LogP contribution < -0.4 is 5.32 Å². The summed E-state index contributed by atoms with van der Waals surface area (Å²) in [6, 6.07) is 4.17. The van der Waals surface area contributed by atoms with Gasteiger partial charge in [0.05, 0.1) is 23.1 Å². The molecule has 2 aromatic heterocycles. The SMILES string of the molecule is CN=C(NCc1ncc(C(C)(C)C)o1)N(C)Cc1ccc(Br)s1. The minimum absolute atomic E-state index is 0.0315. The van der Waals surface area contributed by atoms with Crippen molar-refractivity contribution in [2.45, 2.75) is 39.3 Å². The molecule has 0 aliphatic heterocycles. The van der Waals surface area contributed by atoms with E-state index in [4.69, 9.17) is 4.42 Å². The monoisotopic (exact) mass is 398 g/mol. The van der Waals surface area contributed by atoms with E-state index in [9.17, 15) is 0 Å². The third kappa shape index (κ3) is 5.07. The van der Waals surface area contributed by atoms with Gasteiger partial charge in [0, 0.05) is 24.4 Å². The number of oxazole rings is 1. The smallest absolute Gasteiger partial charge is 0.213 e. The molecule has 0 aliphatic rings. The van der Waals surface area contributed by atoms with Crippen LogP contribution in [0.25, 0.3) is 0 Å². The zero-order valence-electron chi connectivity index (χ0n) is 14.2. The van der Waals surface area contributed by atoms with Crippen LogP contribution in [0.1, 0.15) is 37.3 Å². The van der Waals surface area contributed by atoms with E-state index < -0.39 is 0 Å². The Bertz CT molecular complexity index is 672. The van der Waals surface area contributed by atoms with E-state index in [1.54, 1.807) is 24.6 Å². The van der Waals surface area contributed by atoms with E-state index in [1.165, 1.54) is 4.88 Å². The first-order chi connectivity index (χ1) is 10.8. The second kappa shape index (κ2) is 7.49. The van der Waals surface area contributed by atoms with E-state index >= 15 is 0 Å². The molecule has 1 N–H and O–H groups in total. The third-order valence-corrected chi connectivity index (χ3v) is 4.89. The standard InChI is InChI=1S/C16H23BrN4OS/c1-16(2,3)12-8-19-14(22-12)9-20-15(18-4)21(5)10-11-6-7-13(17)23-11/h6-8H,9-10H2,1-5H3,(H,18,20). The maximum absolute atomic E-state index is 5.79. The largest absolute Gasteiger partial charge is 0.443 e. The Morgan fingerprint density at radius 3 is 2.70 bits per heavy atom. The summed E-state index contributed by atoms with van der Waals surface area (Å²) in [6.45, 7) is 7.64. The second-order valence-electron chi connectivity index (χ2n) is 6.33. The Morgan fingerprint density at radius 1 is 1.43 bits per heavy atom. The number of nitrogens with zero attached hydrogens (tertiary/aromatic N) is 3. The minimum atomic E-state index is -0.0315. The van der Waals surface area contributed by atoms with Crippen molar-refractivity contribution in [1.29, 1.82) is 0 Å². The Balaban J connectivity index is 1.93. The van der Waals surface area contributed by atoms with Crippen LogP contribution in [-0.2, 0) is 18.5 Å². The molecule has 0 fully saturated rings. The van der Waals surface area contributed by atoms with E-state index in [2.05, 4.69) is 69.0 Å². The average molecular weight is 399 g/mol. The van der Waals surface area contributed by atoms with Gasteiger partial charge in [-0.1, -0.05) is 20.8 Å². The molecule has 0 aromatic carbocycles. The van der Waals surface area contributed by atoms with Crippen molar-refractivity contribution in [3.63, 3.8) is 0 Å². The number of hydrogen-bond acceptors (Lipinski definition) is 4. The van der Waals surface area contributed by atoms with E-state index in [0.29, 0.717) is 12.4 Å². The molecule has 0 radical (unpaired) electrons. The zero-order valence-corrected chi connectivity index (χ0v) is 16.6. The van der Waals surface area contributed by atoms with Crippen LogP contribution >= 0.6 is 27.3 Å². The lowest BCUT2D eigenvalue weighted by Crippen LogP contribution is -2.37. The number of guanidine groups is 1. The highest BCUT2D eigenvalue weighted by molar-refractivity contribution is 9.11. The summed E-state index contributed by atoms with van der Waals surface area (Å²) in [5, 5.41) is 3.29. The summed E-state index contributed by atoms with van der Waals surface area (Å²) in [5.41, 5.74) is -0.0315. The van der Waals surface area contributed by atoms with E-state index in [0.717, 1.165) is 22.1 Å². The Morgan fingerprint density at radius 2 is 2.17 bits per heavy atom. The van der Waals surface area contributed by atoms with Gasteiger partial charge in [0.15, 0.2) is 5.96 Å². The quantitative estimate of drug-likeness (QED) is 0.624. The van der Waals surface area contributed by atoms with Crippen molar-refractivity contribution in [3.05, 3.63) is 38.6 Å². The van der Waals surface area contributed by atoms with Crippen LogP contribution in [0.5, 0.6) is 0 Å². The molecular formula is C16H23BrN4OS. The number of aromatic nitrogens is 1. The van der Waals surface area contributed by atoms with E-state index in [1.807, 2.05) is 7.05 Å². The van der Waals surface area contributed by atoms with Crippen molar-refractivity contribution in [2.24, 2.45) is 4.99 Å². The highest BCUT2D eigenvalue weighted by Gasteiger charge is 2.19. The topological polar surface area (TPSA) is 53.7 Å². The zero-order chi connectivity index (χ0) is 17.0. The lowest BCUT2D eigenvalue weighted by atomic mass is 9.94. The number of hydrogen-bond donors (Lipinski definition) is 1. The molecule has 2 heterocycles. The lowest BCUT2D eigenvalue weighted by Gasteiger charge is -2.20. The van der Waals surface area contributed by atoms with E-state index in [-0.39, 0.29) is 5.41 Å². The van der Waals surface area contributed by atoms with Gasteiger partial charge in [0.2, 0.25) is 5.89 Å². The molecule has 23 heavy (non-hydrogen) atoms. The van der Waals surface area contributed by atoms with Crippen molar-refractivity contribution in [1.82, 2.24) is 15.2 Å². The number of thiophene rings is 1. The van der Waals surface area contributed by atoms with Gasteiger partial charge in [-0.15, -0.1) is 11.3 Å². The summed E-state index contributed by atoms with van der Waals surface area (Å²) in [5.74, 6) is 2.37. The van der Waals surface area contributed by atoms with Gasteiger partial charge in [-0.05, 0) is 28.1 Å². The summed E-state index contributed by atoms with van der Waals surface area (Å²) < 4.78 is 6.93. The van der Waals surface area contributed by atoms with Crippen molar-refractivity contribution >= 4 is 33.2 Å². The molecule has 0 aliphatic carbocycles. The lowest BCUT2D eigenvalue weighted by molar-refractivity contribution is 0.376. The summed E-state index contributed by atoms with van der Waals surface area (Å²) in [7, 11) is 3.79. The van der Waals surface area contributed by atoms with Crippen LogP contribution in [0.3, 0.4) is 0 Å². The predicted octanol–water partition coefficient (Wildman–Crippen LogP) is 4.00. The number of rotatable bonds is 4. The third-order valence-electron chi connectivity index (χ3n) is 3.29. The normalized spacial score (nSPS) is 12.5. The molecule has 0 spiro atoms. The number of nitrogens with one attached hydrogen (secondary N) is 1. The molecule has 2 aromatic rings. The van der Waals surface area contributed by atoms with Crippen LogP contribution in [0.2, 0.25) is 0 Å². The summed E-state index contributed by atoms with van der Waals surface area (Å²) in [4.78, 5) is 12.0. The van der Waals surface area contributed by atoms with Crippen LogP contribution in [0, 0.1) is 0 Å². The maximum Gasteiger partial charge on any atom is 0.213 e. The molecule has 0 saturated carbocycles. The van der Waals surface area contributed by atoms with Crippen LogP contribution in [-0.4, -0.2) is 29.9 Å². The number of halogens is 1. The van der Waals surface area contributed by atoms with Gasteiger partial charge < -0.3 is 14.6 Å². The Hall–Kier alpha value is -1.34. The van der Waals surface area contributed by atoms with Crippen molar-refractivity contribution in [3.8, 4) is 0 Å². The molecule has 7 heteroatoms. The molecular weight excluding hydrogens is 376 g/mol. The van der Waals surface area contributed by atoms with Crippen molar-refractivity contribution in [2.75, 3.05) is 14.1 Å². The van der Waals surface area contributed by atoms with Gasteiger partial charge >= 0.3 is 0 Å². The van der Waals surface area contributed by atoms with Gasteiger partial charge in [-0.25, -0.2) is 4.98 Å². The number of aliphatic imine (C=N–C) groups is 1. The fourth-order valence-corrected chi connectivity index (χ4v) is 3.56. The van der Waals surface area contributed by atoms with Crippen LogP contribution in [0.15, 0.2) is 31.5 Å². The highest BCUT2D eigenvalue weighted by Crippen LogP contribution is 2.23. The van der Waals surface area contributed by atoms with Gasteiger partial charge in [-0.2, -0.15) is 0 Å². The molecule has 0 bridgehead atoms. The Kier molecular flexibility index (Phi) is 5.86. The molecule has 5 nitrogen and oxygen atoms in total. The minimum Gasteiger partial charge on any atom is -0.443 e. The van der Waals surface area contributed by atoms with Gasteiger partial charge in [0.25, 0.3) is 0 Å². The summed E-state index contributed by atoms with van der Waals surface area (Å²) in [6.07, 6.45) is 1.80. The fraction of sp³-hybridized carbons (Fsp3) is 0.500. The first-order valence-electron chi connectivity index (χ1n) is 7.41. The molecule has 0 saturated heterocycles. The molecule has 2 rings (SSSR count). The first-order valence-corrected chi connectivity index (χ1v) is 9.01. The first kappa shape index (κ1) is 18.0. The highest BCUT2D eigenvalue weighted by atomic mass is 79.9. The molecule has 0 atom stereocenters. The molecule has 0 unspecified atom stereocenters. The predicted molar refractivity (Wildman–Crippen MR) is 98.9 cm³/mol. The van der Waals surface area contributed by atoms with Crippen LogP contribution in [0.4, 0.5) is 0 Å². The van der Waals surface area contributed by atoms with Gasteiger partial charge in [0.1, 0.15) is 5.76 Å².